The second-order valence-corrected chi connectivity index (χ2v) is 5.92. The Morgan fingerprint density at radius 1 is 1.23 bits per heavy atom. The number of aromatic nitrogens is 5. The van der Waals surface area contributed by atoms with Crippen LogP contribution in [-0.2, 0) is 11.2 Å². The molecule has 0 saturated carbocycles. The molecule has 1 amide bonds. The molecule has 0 radical (unpaired) electrons. The van der Waals surface area contributed by atoms with Gasteiger partial charge in [-0.3, -0.25) is 4.79 Å². The van der Waals surface area contributed by atoms with Crippen molar-refractivity contribution in [2.24, 2.45) is 0 Å². The number of carbonyl (C=O) groups is 1. The fourth-order valence-corrected chi connectivity index (χ4v) is 2.48. The fourth-order valence-electron chi connectivity index (χ4n) is 2.48. The molecule has 0 aliphatic heterocycles. The van der Waals surface area contributed by atoms with Crippen LogP contribution in [0.15, 0.2) is 29.2 Å². The zero-order chi connectivity index (χ0) is 18.5. The van der Waals surface area contributed by atoms with E-state index >= 15 is 0 Å². The molecule has 9 heteroatoms. The number of anilines is 1. The van der Waals surface area contributed by atoms with Gasteiger partial charge in [-0.25, -0.2) is 14.6 Å². The van der Waals surface area contributed by atoms with Crippen LogP contribution in [0.1, 0.15) is 22.7 Å². The zero-order valence-electron chi connectivity index (χ0n) is 15.0. The Kier molecular flexibility index (Phi) is 5.26. The van der Waals surface area contributed by atoms with Crippen LogP contribution in [0, 0.1) is 20.8 Å². The largest absolute Gasteiger partial charge is 0.368 e. The number of aryl methyl sites for hydroxylation is 3. The van der Waals surface area contributed by atoms with Crippen molar-refractivity contribution in [3.63, 3.8) is 0 Å². The molecule has 0 aliphatic rings. The van der Waals surface area contributed by atoms with Crippen LogP contribution in [0.4, 0.5) is 5.82 Å². The molecule has 136 valence electrons. The summed E-state index contributed by atoms with van der Waals surface area (Å²) in [4.78, 5) is 20.4. The van der Waals surface area contributed by atoms with E-state index in [1.165, 1.54) is 6.33 Å². The van der Waals surface area contributed by atoms with Crippen LogP contribution in [0.2, 0.25) is 0 Å². The van der Waals surface area contributed by atoms with Crippen molar-refractivity contribution in [2.75, 3.05) is 18.4 Å². The summed E-state index contributed by atoms with van der Waals surface area (Å²) in [6.45, 7) is 6.57. The standard InChI is InChI=1S/C17H21N7O2/c1-11-4-7-24(22-11)16-9-15(20-10-21-16)18-5-6-19-17(25)8-14-12(2)23-26-13(14)3/h4,7,9-10H,5-6,8H2,1-3H3,(H,19,25)(H,18,20,21). The molecule has 0 fully saturated rings. The van der Waals surface area contributed by atoms with E-state index in [4.69, 9.17) is 4.52 Å². The third-order valence-electron chi connectivity index (χ3n) is 3.88. The van der Waals surface area contributed by atoms with Crippen LogP contribution in [0.5, 0.6) is 0 Å². The minimum atomic E-state index is -0.0726. The second kappa shape index (κ2) is 7.77. The van der Waals surface area contributed by atoms with Crippen molar-refractivity contribution in [2.45, 2.75) is 27.2 Å². The van der Waals surface area contributed by atoms with Gasteiger partial charge in [0.15, 0.2) is 5.82 Å². The summed E-state index contributed by atoms with van der Waals surface area (Å²) >= 11 is 0. The maximum absolute atomic E-state index is 12.0. The van der Waals surface area contributed by atoms with Gasteiger partial charge in [-0.05, 0) is 26.8 Å². The van der Waals surface area contributed by atoms with E-state index in [0.717, 1.165) is 17.0 Å². The summed E-state index contributed by atoms with van der Waals surface area (Å²) in [6, 6.07) is 3.71. The molecule has 3 heterocycles. The first-order valence-electron chi connectivity index (χ1n) is 8.30. The van der Waals surface area contributed by atoms with Crippen LogP contribution < -0.4 is 10.6 Å². The van der Waals surface area contributed by atoms with Crippen molar-refractivity contribution < 1.29 is 9.32 Å². The molecule has 0 aromatic carbocycles. The molecule has 0 atom stereocenters. The topological polar surface area (TPSA) is 111 Å². The molecule has 3 rings (SSSR count). The van der Waals surface area contributed by atoms with Crippen molar-refractivity contribution in [1.29, 1.82) is 0 Å². The Labute approximate surface area is 150 Å². The second-order valence-electron chi connectivity index (χ2n) is 5.92. The van der Waals surface area contributed by atoms with Crippen molar-refractivity contribution in [3.05, 3.63) is 47.4 Å². The monoisotopic (exact) mass is 355 g/mol. The normalized spacial score (nSPS) is 10.7. The Hall–Kier alpha value is -3.23. The maximum Gasteiger partial charge on any atom is 0.224 e. The number of nitrogens with zero attached hydrogens (tertiary/aromatic N) is 5. The van der Waals surface area contributed by atoms with Crippen LogP contribution >= 0.6 is 0 Å². The molecule has 0 aliphatic carbocycles. The van der Waals surface area contributed by atoms with E-state index in [9.17, 15) is 4.79 Å². The Morgan fingerprint density at radius 2 is 2.08 bits per heavy atom. The average molecular weight is 355 g/mol. The molecular weight excluding hydrogens is 334 g/mol. The van der Waals surface area contributed by atoms with Crippen molar-refractivity contribution in [3.8, 4) is 5.82 Å². The van der Waals surface area contributed by atoms with E-state index in [1.807, 2.05) is 26.1 Å². The molecule has 26 heavy (non-hydrogen) atoms. The Morgan fingerprint density at radius 3 is 2.77 bits per heavy atom. The number of carbonyl (C=O) groups excluding carboxylic acids is 1. The molecule has 3 aromatic heterocycles. The first-order chi connectivity index (χ1) is 12.5. The van der Waals surface area contributed by atoms with Gasteiger partial charge in [-0.15, -0.1) is 0 Å². The smallest absolute Gasteiger partial charge is 0.224 e. The van der Waals surface area contributed by atoms with E-state index in [2.05, 4.69) is 30.9 Å². The summed E-state index contributed by atoms with van der Waals surface area (Å²) in [6.07, 6.45) is 3.58. The van der Waals surface area contributed by atoms with Gasteiger partial charge in [0, 0.05) is 30.9 Å². The highest BCUT2D eigenvalue weighted by Crippen LogP contribution is 2.12. The van der Waals surface area contributed by atoms with Gasteiger partial charge in [-0.1, -0.05) is 5.16 Å². The van der Waals surface area contributed by atoms with Crippen molar-refractivity contribution >= 4 is 11.7 Å². The van der Waals surface area contributed by atoms with Gasteiger partial charge in [0.05, 0.1) is 17.8 Å². The summed E-state index contributed by atoms with van der Waals surface area (Å²) in [7, 11) is 0. The summed E-state index contributed by atoms with van der Waals surface area (Å²) in [5.41, 5.74) is 2.50. The van der Waals surface area contributed by atoms with E-state index in [1.54, 1.807) is 17.7 Å². The highest BCUT2D eigenvalue weighted by atomic mass is 16.5. The highest BCUT2D eigenvalue weighted by Gasteiger charge is 2.12. The lowest BCUT2D eigenvalue weighted by Crippen LogP contribution is -2.30. The minimum absolute atomic E-state index is 0.0726. The molecule has 0 bridgehead atoms. The summed E-state index contributed by atoms with van der Waals surface area (Å²) in [5.74, 6) is 1.95. The van der Waals surface area contributed by atoms with E-state index in [0.29, 0.717) is 30.5 Å². The van der Waals surface area contributed by atoms with Gasteiger partial charge in [0.2, 0.25) is 5.91 Å². The van der Waals surface area contributed by atoms with Gasteiger partial charge >= 0.3 is 0 Å². The lowest BCUT2D eigenvalue weighted by atomic mass is 10.1. The fraction of sp³-hybridized carbons (Fsp3) is 0.353. The van der Waals surface area contributed by atoms with Crippen LogP contribution in [-0.4, -0.2) is 43.9 Å². The Bertz CT molecular complexity index is 881. The Balaban J connectivity index is 1.47. The number of nitrogens with one attached hydrogen (secondary N) is 2. The van der Waals surface area contributed by atoms with E-state index < -0.39 is 0 Å². The predicted molar refractivity (Wildman–Crippen MR) is 95.1 cm³/mol. The highest BCUT2D eigenvalue weighted by molar-refractivity contribution is 5.79. The molecule has 0 spiro atoms. The molecule has 0 saturated heterocycles. The third-order valence-corrected chi connectivity index (χ3v) is 3.88. The predicted octanol–water partition coefficient (Wildman–Crippen LogP) is 1.35. The number of hydrogen-bond acceptors (Lipinski definition) is 7. The van der Waals surface area contributed by atoms with Crippen LogP contribution in [0.25, 0.3) is 5.82 Å². The van der Waals surface area contributed by atoms with Crippen LogP contribution in [0.3, 0.4) is 0 Å². The lowest BCUT2D eigenvalue weighted by molar-refractivity contribution is -0.120. The number of rotatable bonds is 7. The summed E-state index contributed by atoms with van der Waals surface area (Å²) < 4.78 is 6.75. The lowest BCUT2D eigenvalue weighted by Gasteiger charge is -2.08. The molecular formula is C17H21N7O2. The molecule has 0 unspecified atom stereocenters. The first kappa shape index (κ1) is 17.6. The third kappa shape index (κ3) is 4.24. The summed E-state index contributed by atoms with van der Waals surface area (Å²) in [5, 5.41) is 14.2. The maximum atomic E-state index is 12.0. The quantitative estimate of drug-likeness (QED) is 0.615. The van der Waals surface area contributed by atoms with Gasteiger partial charge < -0.3 is 15.2 Å². The molecule has 2 N–H and O–H groups in total. The van der Waals surface area contributed by atoms with E-state index in [-0.39, 0.29) is 12.3 Å². The molecule has 9 nitrogen and oxygen atoms in total. The van der Waals surface area contributed by atoms with Gasteiger partial charge in [0.25, 0.3) is 0 Å². The van der Waals surface area contributed by atoms with Crippen molar-refractivity contribution in [1.82, 2.24) is 30.2 Å². The molecule has 3 aromatic rings. The zero-order valence-corrected chi connectivity index (χ0v) is 15.0. The van der Waals surface area contributed by atoms with Gasteiger partial charge in [-0.2, -0.15) is 5.10 Å². The number of hydrogen-bond donors (Lipinski definition) is 2. The van der Waals surface area contributed by atoms with Gasteiger partial charge in [0.1, 0.15) is 17.9 Å². The SMILES string of the molecule is Cc1ccn(-c2cc(NCCNC(=O)Cc3c(C)noc3C)ncn2)n1. The average Bonchev–Trinajstić information content (AvgIpc) is 3.20. The first-order valence-corrected chi connectivity index (χ1v) is 8.30. The minimum Gasteiger partial charge on any atom is -0.368 e. The number of amides is 1.